The predicted octanol–water partition coefficient (Wildman–Crippen LogP) is 14.0. The minimum atomic E-state index is -5.56. The van der Waals surface area contributed by atoms with Gasteiger partial charge in [-0.2, -0.15) is 0 Å². The number of H-pyrrole nitrogens is 6. The van der Waals surface area contributed by atoms with Crippen molar-refractivity contribution >= 4 is 193 Å². The molecule has 6 aliphatic rings. The summed E-state index contributed by atoms with van der Waals surface area (Å²) in [5.74, 6) is 2.63. The largest absolute Gasteiger partial charge is 3.00 e. The number of nitrogens with one attached hydrogen (secondary N) is 6. The second-order valence-corrected chi connectivity index (χ2v) is 40.9. The summed E-state index contributed by atoms with van der Waals surface area (Å²) < 4.78 is 224. The topological polar surface area (TPSA) is 670 Å². The molecule has 15 heterocycles. The first-order valence-electron chi connectivity index (χ1n) is 42.7. The number of aromatic nitrogens is 24. The van der Waals surface area contributed by atoms with Crippen molar-refractivity contribution in [3.63, 3.8) is 0 Å². The van der Waals surface area contributed by atoms with Gasteiger partial charge in [0.1, 0.15) is 128 Å². The van der Waals surface area contributed by atoms with Gasteiger partial charge >= 0.3 is 39.0 Å². The molecule has 0 fully saturated rings. The SMILES string of the molecule is O=S(=O)([O-])c1ccc2c3nc4nc(nc5[nH]c(nc6nc(nc([nH]3)c2c1S(=O)(=O)[O-])-c1ccccc1-6)c1ccccc51)-c1ccccc1-4.O=S(=O)([O-])c1ccc2c3nc4nc(nc5[nH]c(nc6nc(nc([nH]3)c2c1S(=O)(=O)[O-])-c1ccccc1-6)c1ccccc51)-c1ccccc1-4.O=S(=O)([O-])c1ccc2c3nc4nc(nc5[nH]c(nc6nc(nc([nH]3)c2c1S(=O)(=O)[O-])-c1ccccc1-6)c1ccccc51)-c1ccccc1-4.[Ru+3].[Ru+3]. The van der Waals surface area contributed by atoms with E-state index in [2.05, 4.69) is 59.8 Å². The summed E-state index contributed by atoms with van der Waals surface area (Å²) in [6, 6.07) is 71.5. The normalized spacial score (nSPS) is 12.5. The molecule has 2 radical (unpaired) electrons. The van der Waals surface area contributed by atoms with E-state index in [1.165, 1.54) is 18.2 Å². The Morgan fingerprint density at radius 2 is 0.281 bits per heavy atom. The zero-order valence-corrected chi connectivity index (χ0v) is 81.2. The fourth-order valence-electron chi connectivity index (χ4n) is 18.4. The van der Waals surface area contributed by atoms with Crippen LogP contribution in [0.5, 0.6) is 0 Å². The van der Waals surface area contributed by atoms with Gasteiger partial charge in [0.15, 0.2) is 69.9 Å². The van der Waals surface area contributed by atoms with E-state index in [0.717, 1.165) is 50.5 Å². The summed E-state index contributed by atoms with van der Waals surface area (Å²) in [7, 11) is -32.9. The molecule has 0 spiro atoms. The number of benzene rings is 12. The third-order valence-electron chi connectivity index (χ3n) is 24.5. The van der Waals surface area contributed by atoms with Crippen molar-refractivity contribution in [3.05, 3.63) is 255 Å². The van der Waals surface area contributed by atoms with Gasteiger partial charge in [0, 0.05) is 131 Å². The van der Waals surface area contributed by atoms with Crippen LogP contribution in [0.2, 0.25) is 0 Å². The number of hydrogen-bond donors (Lipinski definition) is 6. The van der Waals surface area contributed by atoms with Crippen LogP contribution < -0.4 is 0 Å². The summed E-state index contributed by atoms with van der Waals surface area (Å²) in [5.41, 5.74) is 9.25. The van der Waals surface area contributed by atoms with E-state index in [-0.39, 0.29) is 141 Å². The Morgan fingerprint density at radius 1 is 0.151 bits per heavy atom. The van der Waals surface area contributed by atoms with Crippen molar-refractivity contribution in [2.45, 2.75) is 29.4 Å². The van der Waals surface area contributed by atoms with Gasteiger partial charge in [-0.15, -0.1) is 0 Å². The molecule has 146 heavy (non-hydrogen) atoms. The minimum absolute atomic E-state index is 0. The monoisotopic (exact) mass is 2220 g/mol. The number of fused-ring (bicyclic) bond motifs is 60. The standard InChI is InChI=1S/3C32H18N8O6S2.2Ru/c3*41-47(42,43)22-14-13-21-23(24(22)48(44,45)46)32-39-30-20-12-6-5-11-19(20)28(37-30)35-26-16-8-2-1-7-15(16)25(33-26)34-27-17-9-3-4-10-18(17)29(36-27)38-31(21)40-32;;/h3*1-14H,(H,41,42,43)(H,44,45,46)(H2,33,34,35,36,37,38,39,40);;/q;;;2*+3/p-6. The van der Waals surface area contributed by atoms with Crippen LogP contribution in [0.1, 0.15) is 0 Å². The molecule has 6 aliphatic heterocycles. The first-order valence-corrected chi connectivity index (χ1v) is 51.2. The molecule has 27 rings (SSSR count). The number of rotatable bonds is 6. The average Bonchev–Trinajstić information content (AvgIpc) is 1.58. The second-order valence-electron chi connectivity index (χ2n) is 32.9. The molecule has 0 amide bonds. The van der Waals surface area contributed by atoms with Crippen LogP contribution in [0.4, 0.5) is 0 Å². The van der Waals surface area contributed by atoms with E-state index in [9.17, 15) is 77.8 Å². The molecule has 21 aromatic rings. The molecular weight excluding hydrogens is 2170 g/mol. The van der Waals surface area contributed by atoms with Crippen molar-refractivity contribution in [2.75, 3.05) is 0 Å². The predicted molar refractivity (Wildman–Crippen MR) is 516 cm³/mol. The van der Waals surface area contributed by atoms with E-state index >= 15 is 0 Å². The Bertz CT molecular complexity index is 9890. The van der Waals surface area contributed by atoms with Crippen LogP contribution >= 0.6 is 0 Å². The fraction of sp³-hybridized carbons (Fsp3) is 0. The van der Waals surface area contributed by atoms with Crippen molar-refractivity contribution in [2.24, 2.45) is 0 Å². The minimum Gasteiger partial charge on any atom is -0.744 e. The van der Waals surface area contributed by atoms with Crippen LogP contribution in [0, 0.1) is 0 Å². The third-order valence-corrected chi connectivity index (χ3v) is 30.3. The van der Waals surface area contributed by atoms with Crippen LogP contribution in [0.15, 0.2) is 284 Å². The first kappa shape index (κ1) is 93.1. The summed E-state index contributed by atoms with van der Waals surface area (Å²) in [4.78, 5) is 96.6. The third kappa shape index (κ3) is 15.6. The van der Waals surface area contributed by atoms with E-state index < -0.39 is 106 Å². The Labute approximate surface area is 843 Å². The smallest absolute Gasteiger partial charge is 0.744 e. The maximum absolute atomic E-state index is 12.7. The van der Waals surface area contributed by atoms with E-state index in [1.54, 1.807) is 109 Å². The molecule has 0 saturated heterocycles. The quantitative estimate of drug-likeness (QED) is 0.0665. The van der Waals surface area contributed by atoms with Crippen LogP contribution in [-0.4, -0.2) is 197 Å². The van der Waals surface area contributed by atoms with Crippen molar-refractivity contribution in [1.82, 2.24) is 120 Å². The van der Waals surface area contributed by atoms with E-state index in [1.807, 2.05) is 109 Å². The van der Waals surface area contributed by atoms with E-state index in [4.69, 9.17) is 59.8 Å². The molecular formula is C96H48N24O18Ru2S6. The first-order chi connectivity index (χ1) is 69.1. The summed E-state index contributed by atoms with van der Waals surface area (Å²) in [6.07, 6.45) is 0. The van der Waals surface area contributed by atoms with Crippen LogP contribution in [-0.2, 0) is 99.7 Å². The molecule has 6 N–H and O–H groups in total. The Morgan fingerprint density at radius 3 is 0.425 bits per heavy atom. The van der Waals surface area contributed by atoms with Gasteiger partial charge in [-0.1, -0.05) is 218 Å². The fourth-order valence-corrected chi connectivity index (χ4v) is 24.2. The van der Waals surface area contributed by atoms with Crippen LogP contribution in [0.25, 0.3) is 269 Å². The van der Waals surface area contributed by atoms with Crippen molar-refractivity contribution in [1.29, 1.82) is 0 Å². The van der Waals surface area contributed by atoms with Gasteiger partial charge in [0.25, 0.3) is 0 Å². The van der Waals surface area contributed by atoms with Gasteiger partial charge in [-0.3, -0.25) is 0 Å². The van der Waals surface area contributed by atoms with Crippen molar-refractivity contribution in [3.8, 4) is 137 Å². The molecule has 0 aliphatic carbocycles. The van der Waals surface area contributed by atoms with Gasteiger partial charge in [-0.25, -0.2) is 140 Å². The summed E-state index contributed by atoms with van der Waals surface area (Å²) in [5, 5.41) is 3.39. The molecule has 0 atom stereocenters. The van der Waals surface area contributed by atoms with Gasteiger partial charge in [-0.05, 0) is 36.4 Å². The maximum atomic E-state index is 12.7. The molecule has 50 heteroatoms. The molecule has 0 unspecified atom stereocenters. The number of aromatic amines is 6. The maximum Gasteiger partial charge on any atom is 3.00 e. The molecule has 712 valence electrons. The molecule has 24 bridgehead atoms. The van der Waals surface area contributed by atoms with E-state index in [0.29, 0.717) is 118 Å². The van der Waals surface area contributed by atoms with Gasteiger partial charge in [0.2, 0.25) is 0 Å². The second kappa shape index (κ2) is 34.1. The Hall–Kier alpha value is -16.6. The van der Waals surface area contributed by atoms with Gasteiger partial charge in [0.05, 0.1) is 29.4 Å². The van der Waals surface area contributed by atoms with Crippen LogP contribution in [0.3, 0.4) is 0 Å². The molecule has 42 nitrogen and oxygen atoms in total. The van der Waals surface area contributed by atoms with Gasteiger partial charge < -0.3 is 57.2 Å². The average molecular weight is 2220 g/mol. The summed E-state index contributed by atoms with van der Waals surface area (Å²) in [6.45, 7) is 0. The Balaban J connectivity index is 0.000000120. The zero-order valence-electron chi connectivity index (χ0n) is 72.8. The van der Waals surface area contributed by atoms with Crippen molar-refractivity contribution < 1.29 is 117 Å². The summed E-state index contributed by atoms with van der Waals surface area (Å²) >= 11 is 0. The Kier molecular flexibility index (Phi) is 21.7. The number of nitrogens with zero attached hydrogens (tertiary/aromatic N) is 18. The molecule has 9 aromatic heterocycles. The molecule has 12 aromatic carbocycles. The zero-order chi connectivity index (χ0) is 98.8. The number of hydrogen-bond acceptors (Lipinski definition) is 36. The molecule has 0 saturated carbocycles.